The van der Waals surface area contributed by atoms with Crippen LogP contribution in [-0.2, 0) is 23.8 Å². The monoisotopic (exact) mass is 355 g/mol. The van der Waals surface area contributed by atoms with E-state index in [0.29, 0.717) is 5.69 Å². The molecule has 0 unspecified atom stereocenters. The summed E-state index contributed by atoms with van der Waals surface area (Å²) in [6, 6.07) is 4.40. The van der Waals surface area contributed by atoms with Crippen LogP contribution in [0.2, 0.25) is 5.02 Å². The summed E-state index contributed by atoms with van der Waals surface area (Å²) in [5.41, 5.74) is 0.308. The average molecular weight is 356 g/mol. The van der Waals surface area contributed by atoms with Crippen molar-refractivity contribution in [2.45, 2.75) is 20.0 Å². The molecule has 0 aliphatic heterocycles. The molecule has 0 saturated heterocycles. The minimum atomic E-state index is -0.776. The molecule has 7 nitrogen and oxygen atoms in total. The summed E-state index contributed by atoms with van der Waals surface area (Å²) in [6.45, 7) is 3.42. The summed E-state index contributed by atoms with van der Waals surface area (Å²) >= 11 is 6.00. The zero-order chi connectivity index (χ0) is 18.3. The lowest BCUT2D eigenvalue weighted by atomic mass is 10.2. The molecule has 130 valence electrons. The maximum Gasteiger partial charge on any atom is 0.354 e. The van der Waals surface area contributed by atoms with Gasteiger partial charge in [-0.1, -0.05) is 11.6 Å². The Bertz CT molecular complexity index is 669. The number of hydrogen-bond donors (Lipinski definition) is 1. The van der Waals surface area contributed by atoms with Crippen LogP contribution in [0.15, 0.2) is 30.0 Å². The van der Waals surface area contributed by atoms with E-state index in [1.54, 1.807) is 13.8 Å². The first kappa shape index (κ1) is 19.5. The van der Waals surface area contributed by atoms with Crippen LogP contribution in [0, 0.1) is 0 Å². The topological polar surface area (TPSA) is 90.9 Å². The predicted molar refractivity (Wildman–Crippen MR) is 87.7 cm³/mol. The number of esters is 3. The Labute approximate surface area is 144 Å². The number of anilines is 1. The molecular formula is C16H18ClNO6. The van der Waals surface area contributed by atoms with E-state index in [9.17, 15) is 14.4 Å². The fraction of sp³-hybridized carbons (Fsp3) is 0.312. The highest BCUT2D eigenvalue weighted by Gasteiger charge is 2.17. The van der Waals surface area contributed by atoms with Crippen LogP contribution in [0.4, 0.5) is 5.69 Å². The molecule has 0 fully saturated rings. The highest BCUT2D eigenvalue weighted by Crippen LogP contribution is 2.23. The molecule has 0 saturated carbocycles. The third-order valence-electron chi connectivity index (χ3n) is 2.68. The molecule has 0 aromatic heterocycles. The van der Waals surface area contributed by atoms with E-state index in [0.717, 1.165) is 6.08 Å². The Morgan fingerprint density at radius 3 is 2.38 bits per heavy atom. The number of methoxy groups -OCH3 is 2. The van der Waals surface area contributed by atoms with Crippen molar-refractivity contribution in [1.29, 1.82) is 0 Å². The molecule has 0 bridgehead atoms. The van der Waals surface area contributed by atoms with Crippen molar-refractivity contribution in [2.75, 3.05) is 19.5 Å². The van der Waals surface area contributed by atoms with Gasteiger partial charge in [0.05, 0.1) is 37.0 Å². The number of ether oxygens (including phenoxy) is 3. The Hall–Kier alpha value is -2.54. The van der Waals surface area contributed by atoms with E-state index in [-0.39, 0.29) is 22.4 Å². The number of rotatable bonds is 6. The Kier molecular flexibility index (Phi) is 7.26. The fourth-order valence-corrected chi connectivity index (χ4v) is 1.82. The van der Waals surface area contributed by atoms with Gasteiger partial charge in [0.1, 0.15) is 5.70 Å². The van der Waals surface area contributed by atoms with E-state index >= 15 is 0 Å². The van der Waals surface area contributed by atoms with Crippen LogP contribution in [0.25, 0.3) is 0 Å². The van der Waals surface area contributed by atoms with E-state index < -0.39 is 17.9 Å². The summed E-state index contributed by atoms with van der Waals surface area (Å²) in [6.07, 6.45) is 0.627. The highest BCUT2D eigenvalue weighted by molar-refractivity contribution is 6.33. The van der Waals surface area contributed by atoms with Gasteiger partial charge in [-0.2, -0.15) is 0 Å². The molecule has 8 heteroatoms. The van der Waals surface area contributed by atoms with E-state index in [2.05, 4.69) is 14.8 Å². The molecule has 1 N–H and O–H groups in total. The molecule has 0 heterocycles. The highest BCUT2D eigenvalue weighted by atomic mass is 35.5. The quantitative estimate of drug-likeness (QED) is 0.476. The van der Waals surface area contributed by atoms with Crippen molar-refractivity contribution in [2.24, 2.45) is 0 Å². The minimum absolute atomic E-state index is 0.123. The third kappa shape index (κ3) is 5.58. The zero-order valence-corrected chi connectivity index (χ0v) is 14.5. The maximum atomic E-state index is 12.0. The number of nitrogens with one attached hydrogen (secondary N) is 1. The van der Waals surface area contributed by atoms with Gasteiger partial charge < -0.3 is 19.5 Å². The van der Waals surface area contributed by atoms with Crippen LogP contribution in [0.5, 0.6) is 0 Å². The summed E-state index contributed by atoms with van der Waals surface area (Å²) in [7, 11) is 2.35. The van der Waals surface area contributed by atoms with Crippen LogP contribution in [0.1, 0.15) is 24.2 Å². The summed E-state index contributed by atoms with van der Waals surface area (Å²) in [4.78, 5) is 35.1. The van der Waals surface area contributed by atoms with Gasteiger partial charge in [-0.15, -0.1) is 0 Å². The van der Waals surface area contributed by atoms with Crippen molar-refractivity contribution in [3.8, 4) is 0 Å². The Balaban J connectivity index is 3.13. The van der Waals surface area contributed by atoms with Crippen LogP contribution < -0.4 is 5.32 Å². The van der Waals surface area contributed by atoms with Gasteiger partial charge in [0.15, 0.2) is 0 Å². The first-order chi connectivity index (χ1) is 11.3. The molecule has 0 atom stereocenters. The molecule has 24 heavy (non-hydrogen) atoms. The van der Waals surface area contributed by atoms with Gasteiger partial charge in [0.2, 0.25) is 0 Å². The fourth-order valence-electron chi connectivity index (χ4n) is 1.63. The van der Waals surface area contributed by atoms with Crippen molar-refractivity contribution in [1.82, 2.24) is 0 Å². The van der Waals surface area contributed by atoms with Crippen molar-refractivity contribution >= 4 is 35.2 Å². The van der Waals surface area contributed by atoms with Crippen molar-refractivity contribution in [3.63, 3.8) is 0 Å². The molecule has 0 spiro atoms. The van der Waals surface area contributed by atoms with Crippen LogP contribution >= 0.6 is 11.6 Å². The van der Waals surface area contributed by atoms with E-state index in [4.69, 9.17) is 16.3 Å². The standard InChI is InChI=1S/C16H18ClNO6/c1-9(2)24-15(20)11-7-10(5-6-12(11)17)18-13(16(21)23-4)8-14(19)22-3/h5-9,18H,1-4H3/b13-8+. The molecule has 0 aliphatic rings. The molecule has 1 aromatic carbocycles. The van der Waals surface area contributed by atoms with Gasteiger partial charge in [0.25, 0.3) is 0 Å². The van der Waals surface area contributed by atoms with Gasteiger partial charge in [-0.3, -0.25) is 0 Å². The molecule has 0 amide bonds. The number of hydrogen-bond acceptors (Lipinski definition) is 7. The third-order valence-corrected chi connectivity index (χ3v) is 3.01. The second kappa shape index (κ2) is 8.93. The predicted octanol–water partition coefficient (Wildman–Crippen LogP) is 2.55. The lowest BCUT2D eigenvalue weighted by Gasteiger charge is -2.12. The zero-order valence-electron chi connectivity index (χ0n) is 13.7. The van der Waals surface area contributed by atoms with Crippen LogP contribution in [-0.4, -0.2) is 38.2 Å². The average Bonchev–Trinajstić information content (AvgIpc) is 2.54. The van der Waals surface area contributed by atoms with E-state index in [1.165, 1.54) is 32.4 Å². The number of benzene rings is 1. The van der Waals surface area contributed by atoms with Gasteiger partial charge in [-0.25, -0.2) is 14.4 Å². The largest absolute Gasteiger partial charge is 0.466 e. The Morgan fingerprint density at radius 2 is 1.83 bits per heavy atom. The summed E-state index contributed by atoms with van der Waals surface area (Å²) < 4.78 is 14.2. The number of carbonyl (C=O) groups excluding carboxylic acids is 3. The van der Waals surface area contributed by atoms with Crippen LogP contribution in [0.3, 0.4) is 0 Å². The first-order valence-corrected chi connectivity index (χ1v) is 7.31. The Morgan fingerprint density at radius 1 is 1.17 bits per heavy atom. The second-order valence-corrected chi connectivity index (χ2v) is 5.25. The van der Waals surface area contributed by atoms with Gasteiger partial charge >= 0.3 is 17.9 Å². The number of carbonyl (C=O) groups is 3. The van der Waals surface area contributed by atoms with Crippen molar-refractivity contribution < 1.29 is 28.6 Å². The maximum absolute atomic E-state index is 12.0. The molecular weight excluding hydrogens is 338 g/mol. The minimum Gasteiger partial charge on any atom is -0.466 e. The summed E-state index contributed by atoms with van der Waals surface area (Å²) in [5.74, 6) is -2.12. The molecule has 0 aliphatic carbocycles. The van der Waals surface area contributed by atoms with Crippen molar-refractivity contribution in [3.05, 3.63) is 40.6 Å². The summed E-state index contributed by atoms with van der Waals surface area (Å²) in [5, 5.41) is 2.89. The molecule has 1 aromatic rings. The van der Waals surface area contributed by atoms with Gasteiger partial charge in [-0.05, 0) is 32.0 Å². The van der Waals surface area contributed by atoms with Gasteiger partial charge in [0, 0.05) is 5.69 Å². The molecule has 0 radical (unpaired) electrons. The first-order valence-electron chi connectivity index (χ1n) is 6.94. The number of halogens is 1. The second-order valence-electron chi connectivity index (χ2n) is 4.85. The smallest absolute Gasteiger partial charge is 0.354 e. The lowest BCUT2D eigenvalue weighted by Crippen LogP contribution is -2.16. The van der Waals surface area contributed by atoms with E-state index in [1.807, 2.05) is 0 Å². The SMILES string of the molecule is COC(=O)/C=C(/Nc1ccc(Cl)c(C(=O)OC(C)C)c1)C(=O)OC. The normalized spacial score (nSPS) is 11.0. The lowest BCUT2D eigenvalue weighted by molar-refractivity contribution is -0.138. The molecule has 1 rings (SSSR count).